The van der Waals surface area contributed by atoms with Crippen LogP contribution < -0.4 is 4.74 Å². The molecule has 0 saturated carbocycles. The Morgan fingerprint density at radius 2 is 1.71 bits per heavy atom. The molecule has 0 radical (unpaired) electrons. The largest absolute Gasteiger partial charge is 0.435 e. The number of hydrogen-bond donors (Lipinski definition) is 1. The van der Waals surface area contributed by atoms with Crippen molar-refractivity contribution in [2.24, 2.45) is 5.92 Å². The summed E-state index contributed by atoms with van der Waals surface area (Å²) >= 11 is 0. The van der Waals surface area contributed by atoms with Crippen molar-refractivity contribution in [3.8, 4) is 5.75 Å². The molecule has 0 amide bonds. The van der Waals surface area contributed by atoms with Gasteiger partial charge in [0.05, 0.1) is 6.10 Å². The molecule has 4 heteroatoms. The zero-order valence-electron chi connectivity index (χ0n) is 10.1. The van der Waals surface area contributed by atoms with Crippen LogP contribution in [-0.2, 0) is 0 Å². The molecule has 0 fully saturated rings. The summed E-state index contributed by atoms with van der Waals surface area (Å²) in [6, 6.07) is 6.12. The predicted molar refractivity (Wildman–Crippen MR) is 62.1 cm³/mol. The van der Waals surface area contributed by atoms with E-state index in [2.05, 4.69) is 18.6 Å². The number of rotatable bonds is 6. The molecule has 0 heterocycles. The minimum atomic E-state index is -2.81. The Bertz CT molecular complexity index is 323. The van der Waals surface area contributed by atoms with Gasteiger partial charge in [-0.25, -0.2) is 0 Å². The van der Waals surface area contributed by atoms with Gasteiger partial charge in [0, 0.05) is 0 Å². The van der Waals surface area contributed by atoms with Gasteiger partial charge in [-0.2, -0.15) is 8.78 Å². The van der Waals surface area contributed by atoms with Crippen molar-refractivity contribution in [1.82, 2.24) is 0 Å². The number of aliphatic hydroxyl groups is 1. The minimum Gasteiger partial charge on any atom is -0.435 e. The van der Waals surface area contributed by atoms with E-state index in [1.54, 1.807) is 12.1 Å². The average Bonchev–Trinajstić information content (AvgIpc) is 2.26. The minimum absolute atomic E-state index is 0.111. The van der Waals surface area contributed by atoms with E-state index in [0.717, 1.165) is 12.0 Å². The SMILES string of the molecule is CC(C)CCC(O)c1ccc(OC(F)F)cc1. The van der Waals surface area contributed by atoms with Crippen LogP contribution in [0.1, 0.15) is 38.4 Å². The Morgan fingerprint density at radius 1 is 1.12 bits per heavy atom. The van der Waals surface area contributed by atoms with Crippen molar-refractivity contribution in [2.75, 3.05) is 0 Å². The highest BCUT2D eigenvalue weighted by Crippen LogP contribution is 2.23. The lowest BCUT2D eigenvalue weighted by molar-refractivity contribution is -0.0498. The molecule has 0 aliphatic rings. The summed E-state index contributed by atoms with van der Waals surface area (Å²) in [4.78, 5) is 0. The van der Waals surface area contributed by atoms with Crippen molar-refractivity contribution < 1.29 is 18.6 Å². The number of aliphatic hydroxyl groups excluding tert-OH is 1. The van der Waals surface area contributed by atoms with E-state index in [4.69, 9.17) is 0 Å². The molecule has 0 aliphatic carbocycles. The molecule has 0 spiro atoms. The van der Waals surface area contributed by atoms with Gasteiger partial charge in [-0.1, -0.05) is 26.0 Å². The number of hydrogen-bond acceptors (Lipinski definition) is 2. The molecule has 1 aromatic rings. The fourth-order valence-electron chi connectivity index (χ4n) is 1.53. The van der Waals surface area contributed by atoms with Crippen LogP contribution in [0.15, 0.2) is 24.3 Å². The molecule has 1 N–H and O–H groups in total. The van der Waals surface area contributed by atoms with Gasteiger partial charge in [0.1, 0.15) is 5.75 Å². The van der Waals surface area contributed by atoms with Crippen molar-refractivity contribution in [2.45, 2.75) is 39.4 Å². The monoisotopic (exact) mass is 244 g/mol. The van der Waals surface area contributed by atoms with Gasteiger partial charge >= 0.3 is 6.61 Å². The Labute approximate surface area is 100 Å². The lowest BCUT2D eigenvalue weighted by atomic mass is 10.00. The smallest absolute Gasteiger partial charge is 0.387 e. The lowest BCUT2D eigenvalue weighted by Crippen LogP contribution is -2.03. The maximum absolute atomic E-state index is 11.9. The first kappa shape index (κ1) is 13.9. The van der Waals surface area contributed by atoms with E-state index in [1.165, 1.54) is 12.1 Å². The fourth-order valence-corrected chi connectivity index (χ4v) is 1.53. The van der Waals surface area contributed by atoms with Crippen LogP contribution in [0, 0.1) is 5.92 Å². The summed E-state index contributed by atoms with van der Waals surface area (Å²) in [6.07, 6.45) is 1.06. The molecule has 0 bridgehead atoms. The van der Waals surface area contributed by atoms with Gasteiger partial charge in [0.2, 0.25) is 0 Å². The van der Waals surface area contributed by atoms with Gasteiger partial charge in [-0.3, -0.25) is 0 Å². The second-order valence-electron chi connectivity index (χ2n) is 4.43. The van der Waals surface area contributed by atoms with Gasteiger partial charge in [-0.15, -0.1) is 0 Å². The number of ether oxygens (including phenoxy) is 1. The van der Waals surface area contributed by atoms with Crippen molar-refractivity contribution in [3.63, 3.8) is 0 Å². The highest BCUT2D eigenvalue weighted by molar-refractivity contribution is 5.28. The van der Waals surface area contributed by atoms with E-state index in [0.29, 0.717) is 12.3 Å². The number of halogens is 2. The molecule has 96 valence electrons. The van der Waals surface area contributed by atoms with Crippen molar-refractivity contribution in [1.29, 1.82) is 0 Å². The van der Waals surface area contributed by atoms with Crippen molar-refractivity contribution >= 4 is 0 Å². The van der Waals surface area contributed by atoms with Crippen LogP contribution in [0.3, 0.4) is 0 Å². The summed E-state index contributed by atoms with van der Waals surface area (Å²) in [6.45, 7) is 1.37. The van der Waals surface area contributed by atoms with Gasteiger partial charge in [0.15, 0.2) is 0 Å². The first-order valence-corrected chi connectivity index (χ1v) is 5.72. The highest BCUT2D eigenvalue weighted by atomic mass is 19.3. The quantitative estimate of drug-likeness (QED) is 0.825. The van der Waals surface area contributed by atoms with Gasteiger partial charge in [-0.05, 0) is 36.5 Å². The van der Waals surface area contributed by atoms with Crippen LogP contribution in [0.4, 0.5) is 8.78 Å². The van der Waals surface area contributed by atoms with Crippen LogP contribution in [0.25, 0.3) is 0 Å². The van der Waals surface area contributed by atoms with Crippen molar-refractivity contribution in [3.05, 3.63) is 29.8 Å². The molecule has 0 saturated heterocycles. The van der Waals surface area contributed by atoms with E-state index in [9.17, 15) is 13.9 Å². The predicted octanol–water partition coefficient (Wildman–Crippen LogP) is 3.76. The van der Waals surface area contributed by atoms with Crippen LogP contribution >= 0.6 is 0 Å². The van der Waals surface area contributed by atoms with Crippen LogP contribution in [0.2, 0.25) is 0 Å². The molecule has 2 nitrogen and oxygen atoms in total. The maximum Gasteiger partial charge on any atom is 0.387 e. The fraction of sp³-hybridized carbons (Fsp3) is 0.538. The summed E-state index contributed by atoms with van der Waals surface area (Å²) in [5.41, 5.74) is 0.729. The third kappa shape index (κ3) is 5.13. The second-order valence-corrected chi connectivity index (χ2v) is 4.43. The average molecular weight is 244 g/mol. The Morgan fingerprint density at radius 3 is 2.18 bits per heavy atom. The topological polar surface area (TPSA) is 29.5 Å². The molecule has 0 aromatic heterocycles. The van der Waals surface area contributed by atoms with E-state index >= 15 is 0 Å². The number of benzene rings is 1. The Balaban J connectivity index is 2.54. The normalized spacial score (nSPS) is 13.1. The van der Waals surface area contributed by atoms with Gasteiger partial charge < -0.3 is 9.84 Å². The lowest BCUT2D eigenvalue weighted by Gasteiger charge is -2.13. The number of alkyl halides is 2. The van der Waals surface area contributed by atoms with Gasteiger partial charge in [0.25, 0.3) is 0 Å². The zero-order valence-corrected chi connectivity index (χ0v) is 10.1. The molecule has 17 heavy (non-hydrogen) atoms. The summed E-state index contributed by atoms with van der Waals surface area (Å²) < 4.78 is 28.1. The molecule has 1 rings (SSSR count). The molecule has 1 unspecified atom stereocenters. The van der Waals surface area contributed by atoms with E-state index in [1.807, 2.05) is 0 Å². The third-order valence-corrected chi connectivity index (χ3v) is 2.51. The maximum atomic E-state index is 11.9. The highest BCUT2D eigenvalue weighted by Gasteiger charge is 2.09. The second kappa shape index (κ2) is 6.55. The third-order valence-electron chi connectivity index (χ3n) is 2.51. The first-order chi connectivity index (χ1) is 7.99. The summed E-state index contributed by atoms with van der Waals surface area (Å²) in [5, 5.41) is 9.85. The Kier molecular flexibility index (Phi) is 5.35. The molecular formula is C13H18F2O2. The van der Waals surface area contributed by atoms with E-state index < -0.39 is 12.7 Å². The molecule has 1 atom stereocenters. The zero-order chi connectivity index (χ0) is 12.8. The van der Waals surface area contributed by atoms with Crippen LogP contribution in [0.5, 0.6) is 5.75 Å². The summed E-state index contributed by atoms with van der Waals surface area (Å²) in [7, 11) is 0. The summed E-state index contributed by atoms with van der Waals surface area (Å²) in [5.74, 6) is 0.644. The van der Waals surface area contributed by atoms with E-state index in [-0.39, 0.29) is 5.75 Å². The molecule has 1 aromatic carbocycles. The first-order valence-electron chi connectivity index (χ1n) is 5.72. The Hall–Kier alpha value is -1.16. The molecular weight excluding hydrogens is 226 g/mol. The van der Waals surface area contributed by atoms with Crippen LogP contribution in [-0.4, -0.2) is 11.7 Å². The molecule has 0 aliphatic heterocycles. The standard InChI is InChI=1S/C13H18F2O2/c1-9(2)3-8-12(16)10-4-6-11(7-5-10)17-13(14)15/h4-7,9,12-13,16H,3,8H2,1-2H3.